The van der Waals surface area contributed by atoms with Crippen molar-refractivity contribution < 1.29 is 0 Å². The van der Waals surface area contributed by atoms with Crippen LogP contribution in [0, 0.1) is 11.3 Å². The quantitative estimate of drug-likeness (QED) is 0.598. The Morgan fingerprint density at radius 3 is 2.94 bits per heavy atom. The summed E-state index contributed by atoms with van der Waals surface area (Å²) >= 11 is 1.68. The SMILES string of the molecule is Cn1ncnc1SCCCCC(C)(N)C#N. The van der Waals surface area contributed by atoms with E-state index in [1.165, 1.54) is 0 Å². The smallest absolute Gasteiger partial charge is 0.185 e. The summed E-state index contributed by atoms with van der Waals surface area (Å²) in [6, 6.07) is 2.10. The van der Waals surface area contributed by atoms with E-state index in [1.54, 1.807) is 29.7 Å². The van der Waals surface area contributed by atoms with E-state index in [1.807, 2.05) is 7.05 Å². The normalized spacial score (nSPS) is 14.4. The molecule has 0 aliphatic carbocycles. The Balaban J connectivity index is 2.14. The van der Waals surface area contributed by atoms with Crippen LogP contribution in [0.3, 0.4) is 0 Å². The molecule has 6 heteroatoms. The van der Waals surface area contributed by atoms with Gasteiger partial charge in [0.25, 0.3) is 0 Å². The van der Waals surface area contributed by atoms with Crippen molar-refractivity contribution in [2.75, 3.05) is 5.75 Å². The first-order valence-corrected chi connectivity index (χ1v) is 6.21. The predicted octanol–water partition coefficient (Wildman–Crippen LogP) is 1.32. The Kier molecular flexibility index (Phi) is 4.77. The maximum Gasteiger partial charge on any atom is 0.185 e. The third-order valence-electron chi connectivity index (χ3n) is 2.25. The predicted molar refractivity (Wildman–Crippen MR) is 63.8 cm³/mol. The molecule has 0 aliphatic heterocycles. The molecule has 0 aliphatic rings. The van der Waals surface area contributed by atoms with Crippen LogP contribution in [0.25, 0.3) is 0 Å². The van der Waals surface area contributed by atoms with Crippen LogP contribution in [0.1, 0.15) is 26.2 Å². The van der Waals surface area contributed by atoms with E-state index >= 15 is 0 Å². The molecule has 88 valence electrons. The molecule has 0 bridgehead atoms. The number of rotatable bonds is 6. The van der Waals surface area contributed by atoms with Gasteiger partial charge in [-0.15, -0.1) is 0 Å². The topological polar surface area (TPSA) is 80.5 Å². The monoisotopic (exact) mass is 239 g/mol. The molecule has 1 unspecified atom stereocenters. The summed E-state index contributed by atoms with van der Waals surface area (Å²) in [5.74, 6) is 0.980. The molecule has 0 radical (unpaired) electrons. The Morgan fingerprint density at radius 1 is 1.62 bits per heavy atom. The Morgan fingerprint density at radius 2 is 2.38 bits per heavy atom. The molecule has 0 fully saturated rings. The molecule has 1 heterocycles. The van der Waals surface area contributed by atoms with E-state index in [0.29, 0.717) is 0 Å². The van der Waals surface area contributed by atoms with Crippen LogP contribution in [0.15, 0.2) is 11.5 Å². The van der Waals surface area contributed by atoms with Gasteiger partial charge in [0.1, 0.15) is 11.9 Å². The third-order valence-corrected chi connectivity index (χ3v) is 3.37. The summed E-state index contributed by atoms with van der Waals surface area (Å²) < 4.78 is 1.76. The zero-order valence-corrected chi connectivity index (χ0v) is 10.5. The standard InChI is InChI=1S/C10H17N5S/c1-10(12,7-11)5-3-4-6-16-9-13-8-14-15(9)2/h8H,3-6,12H2,1-2H3. The molecule has 1 aromatic rings. The number of aromatic nitrogens is 3. The van der Waals surface area contributed by atoms with Crippen molar-refractivity contribution in [3.8, 4) is 6.07 Å². The zero-order chi connectivity index (χ0) is 12.0. The number of thioether (sulfide) groups is 1. The summed E-state index contributed by atoms with van der Waals surface area (Å²) in [5.41, 5.74) is 5.04. The molecule has 5 nitrogen and oxygen atoms in total. The van der Waals surface area contributed by atoms with E-state index in [9.17, 15) is 0 Å². The van der Waals surface area contributed by atoms with Gasteiger partial charge in [-0.1, -0.05) is 11.8 Å². The van der Waals surface area contributed by atoms with Crippen LogP contribution in [0.2, 0.25) is 0 Å². The number of unbranched alkanes of at least 4 members (excludes halogenated alkanes) is 1. The number of nitrogens with zero attached hydrogens (tertiary/aromatic N) is 4. The average molecular weight is 239 g/mol. The van der Waals surface area contributed by atoms with Crippen molar-refractivity contribution in [3.63, 3.8) is 0 Å². The fraction of sp³-hybridized carbons (Fsp3) is 0.700. The van der Waals surface area contributed by atoms with Crippen molar-refractivity contribution in [3.05, 3.63) is 6.33 Å². The van der Waals surface area contributed by atoms with E-state index in [-0.39, 0.29) is 0 Å². The first-order valence-electron chi connectivity index (χ1n) is 5.22. The first-order chi connectivity index (χ1) is 7.55. The van der Waals surface area contributed by atoms with E-state index < -0.39 is 5.54 Å². The second-order valence-electron chi connectivity index (χ2n) is 4.00. The molecule has 0 saturated heterocycles. The highest BCUT2D eigenvalue weighted by atomic mass is 32.2. The Hall–Kier alpha value is -1.06. The molecule has 0 aromatic carbocycles. The molecular formula is C10H17N5S. The number of hydrogen-bond donors (Lipinski definition) is 1. The van der Waals surface area contributed by atoms with Gasteiger partial charge in [0.05, 0.1) is 6.07 Å². The van der Waals surface area contributed by atoms with Gasteiger partial charge in [-0.3, -0.25) is 0 Å². The number of hydrogen-bond acceptors (Lipinski definition) is 5. The minimum Gasteiger partial charge on any atom is -0.314 e. The summed E-state index contributed by atoms with van der Waals surface area (Å²) in [6.07, 6.45) is 4.29. The fourth-order valence-corrected chi connectivity index (χ4v) is 2.12. The zero-order valence-electron chi connectivity index (χ0n) is 9.68. The van der Waals surface area contributed by atoms with Crippen molar-refractivity contribution in [2.24, 2.45) is 12.8 Å². The lowest BCUT2D eigenvalue weighted by atomic mass is 9.99. The molecule has 1 atom stereocenters. The van der Waals surface area contributed by atoms with Crippen LogP contribution in [-0.4, -0.2) is 26.1 Å². The van der Waals surface area contributed by atoms with Crippen molar-refractivity contribution >= 4 is 11.8 Å². The maximum absolute atomic E-state index is 8.74. The lowest BCUT2D eigenvalue weighted by Gasteiger charge is -2.14. The van der Waals surface area contributed by atoms with Crippen LogP contribution in [0.5, 0.6) is 0 Å². The van der Waals surface area contributed by atoms with Crippen LogP contribution in [-0.2, 0) is 7.05 Å². The summed E-state index contributed by atoms with van der Waals surface area (Å²) in [5, 5.41) is 13.7. The maximum atomic E-state index is 8.74. The lowest BCUT2D eigenvalue weighted by Crippen LogP contribution is -2.33. The van der Waals surface area contributed by atoms with Crippen molar-refractivity contribution in [1.29, 1.82) is 5.26 Å². The summed E-state index contributed by atoms with van der Waals surface area (Å²) in [7, 11) is 1.88. The van der Waals surface area contributed by atoms with Gasteiger partial charge in [-0.2, -0.15) is 10.4 Å². The van der Waals surface area contributed by atoms with Crippen LogP contribution < -0.4 is 5.73 Å². The van der Waals surface area contributed by atoms with Crippen LogP contribution in [0.4, 0.5) is 0 Å². The van der Waals surface area contributed by atoms with Crippen molar-refractivity contribution in [1.82, 2.24) is 14.8 Å². The molecule has 0 amide bonds. The molecular weight excluding hydrogens is 222 g/mol. The van der Waals surface area contributed by atoms with Gasteiger partial charge >= 0.3 is 0 Å². The lowest BCUT2D eigenvalue weighted by molar-refractivity contribution is 0.518. The summed E-state index contributed by atoms with van der Waals surface area (Å²) in [4.78, 5) is 4.12. The van der Waals surface area contributed by atoms with Gasteiger partial charge in [-0.25, -0.2) is 9.67 Å². The van der Waals surface area contributed by atoms with E-state index in [4.69, 9.17) is 11.0 Å². The molecule has 1 rings (SSSR count). The second kappa shape index (κ2) is 5.87. The van der Waals surface area contributed by atoms with Gasteiger partial charge in [0.15, 0.2) is 5.16 Å². The Bertz CT molecular complexity index is 366. The Labute approximate surface area is 100 Å². The van der Waals surface area contributed by atoms with Gasteiger partial charge in [0.2, 0.25) is 0 Å². The largest absolute Gasteiger partial charge is 0.314 e. The average Bonchev–Trinajstić information content (AvgIpc) is 2.64. The number of nitriles is 1. The summed E-state index contributed by atoms with van der Waals surface area (Å²) in [6.45, 7) is 1.77. The fourth-order valence-electron chi connectivity index (χ4n) is 1.23. The highest BCUT2D eigenvalue weighted by Gasteiger charge is 2.15. The van der Waals surface area contributed by atoms with E-state index in [2.05, 4.69) is 16.2 Å². The number of nitrogens with two attached hydrogens (primary N) is 1. The molecule has 1 aromatic heterocycles. The second-order valence-corrected chi connectivity index (χ2v) is 5.06. The molecule has 0 spiro atoms. The highest BCUT2D eigenvalue weighted by Crippen LogP contribution is 2.17. The third kappa shape index (κ3) is 4.21. The minimum absolute atomic E-state index is 0.685. The highest BCUT2D eigenvalue weighted by molar-refractivity contribution is 7.99. The van der Waals surface area contributed by atoms with Gasteiger partial charge < -0.3 is 5.73 Å². The first kappa shape index (κ1) is 13.0. The van der Waals surface area contributed by atoms with Crippen LogP contribution >= 0.6 is 11.8 Å². The molecule has 16 heavy (non-hydrogen) atoms. The van der Waals surface area contributed by atoms with E-state index in [0.717, 1.165) is 30.2 Å². The van der Waals surface area contributed by atoms with Gasteiger partial charge in [-0.05, 0) is 26.2 Å². The van der Waals surface area contributed by atoms with Gasteiger partial charge in [0, 0.05) is 12.8 Å². The van der Waals surface area contributed by atoms with Crippen molar-refractivity contribution in [2.45, 2.75) is 36.9 Å². The minimum atomic E-state index is -0.685. The number of aryl methyl sites for hydroxylation is 1. The molecule has 0 saturated carbocycles. The molecule has 2 N–H and O–H groups in total.